The lowest BCUT2D eigenvalue weighted by molar-refractivity contribution is -0.142. The molecule has 5 heteroatoms. The molecule has 0 fully saturated rings. The molecule has 0 atom stereocenters. The van der Waals surface area contributed by atoms with Gasteiger partial charge in [-0.3, -0.25) is 9.59 Å². The standard InChI is InChI=1S/C12H18N2O3/c1-3-14-9-5-6-10(14)12(16)13-8-7-11(15)17-4-2/h5-6,9H,3-4,7-8H2,1-2H3,(H,13,16). The summed E-state index contributed by atoms with van der Waals surface area (Å²) in [6.45, 7) is 5.13. The van der Waals surface area contributed by atoms with Gasteiger partial charge in [-0.1, -0.05) is 0 Å². The molecular formula is C12H18N2O3. The van der Waals surface area contributed by atoms with E-state index in [1.54, 1.807) is 13.0 Å². The number of esters is 1. The van der Waals surface area contributed by atoms with E-state index < -0.39 is 0 Å². The zero-order valence-electron chi connectivity index (χ0n) is 10.2. The van der Waals surface area contributed by atoms with E-state index in [2.05, 4.69) is 5.32 Å². The minimum absolute atomic E-state index is 0.166. The van der Waals surface area contributed by atoms with Crippen LogP contribution in [0, 0.1) is 0 Å². The normalized spacial score (nSPS) is 10.0. The van der Waals surface area contributed by atoms with Crippen molar-refractivity contribution < 1.29 is 14.3 Å². The Balaban J connectivity index is 2.37. The predicted octanol–water partition coefficient (Wildman–Crippen LogP) is 1.19. The summed E-state index contributed by atoms with van der Waals surface area (Å²) in [5.74, 6) is -0.458. The number of nitrogens with one attached hydrogen (secondary N) is 1. The first kappa shape index (κ1) is 13.3. The number of carbonyl (C=O) groups excluding carboxylic acids is 2. The average Bonchev–Trinajstić information content (AvgIpc) is 2.77. The molecule has 5 nitrogen and oxygen atoms in total. The summed E-state index contributed by atoms with van der Waals surface area (Å²) in [5, 5.41) is 2.69. The molecule has 1 amide bonds. The summed E-state index contributed by atoms with van der Waals surface area (Å²) < 4.78 is 6.61. The van der Waals surface area contributed by atoms with Crippen LogP contribution >= 0.6 is 0 Å². The van der Waals surface area contributed by atoms with Crippen LogP contribution in [0.15, 0.2) is 18.3 Å². The second kappa shape index (κ2) is 6.73. The Morgan fingerprint density at radius 2 is 2.18 bits per heavy atom. The molecule has 0 aliphatic heterocycles. The first-order valence-electron chi connectivity index (χ1n) is 5.78. The van der Waals surface area contributed by atoms with Crippen LogP contribution < -0.4 is 5.32 Å². The smallest absolute Gasteiger partial charge is 0.307 e. The minimum atomic E-state index is -0.293. The summed E-state index contributed by atoms with van der Waals surface area (Å²) >= 11 is 0. The van der Waals surface area contributed by atoms with Gasteiger partial charge in [-0.25, -0.2) is 0 Å². The fraction of sp³-hybridized carbons (Fsp3) is 0.500. The Labute approximate surface area is 101 Å². The molecule has 0 unspecified atom stereocenters. The number of carbonyl (C=O) groups is 2. The van der Waals surface area contributed by atoms with Crippen molar-refractivity contribution in [1.82, 2.24) is 9.88 Å². The van der Waals surface area contributed by atoms with E-state index in [4.69, 9.17) is 4.74 Å². The fourth-order valence-electron chi connectivity index (χ4n) is 1.50. The van der Waals surface area contributed by atoms with E-state index in [1.165, 1.54) is 0 Å². The van der Waals surface area contributed by atoms with Crippen molar-refractivity contribution in [2.75, 3.05) is 13.2 Å². The maximum Gasteiger partial charge on any atom is 0.307 e. The quantitative estimate of drug-likeness (QED) is 0.757. The highest BCUT2D eigenvalue weighted by Crippen LogP contribution is 2.01. The van der Waals surface area contributed by atoms with Gasteiger partial charge in [-0.05, 0) is 26.0 Å². The Kier molecular flexibility index (Phi) is 5.26. The lowest BCUT2D eigenvalue weighted by Gasteiger charge is -2.07. The lowest BCUT2D eigenvalue weighted by atomic mass is 10.3. The SMILES string of the molecule is CCOC(=O)CCNC(=O)c1cccn1CC. The Hall–Kier alpha value is -1.78. The fourth-order valence-corrected chi connectivity index (χ4v) is 1.50. The maximum absolute atomic E-state index is 11.7. The van der Waals surface area contributed by atoms with Crippen molar-refractivity contribution in [1.29, 1.82) is 0 Å². The average molecular weight is 238 g/mol. The van der Waals surface area contributed by atoms with Crippen LogP contribution in [0.4, 0.5) is 0 Å². The van der Waals surface area contributed by atoms with Gasteiger partial charge < -0.3 is 14.6 Å². The molecule has 1 rings (SSSR count). The summed E-state index contributed by atoms with van der Waals surface area (Å²) in [6.07, 6.45) is 2.05. The summed E-state index contributed by atoms with van der Waals surface area (Å²) in [4.78, 5) is 22.8. The van der Waals surface area contributed by atoms with Crippen molar-refractivity contribution in [3.63, 3.8) is 0 Å². The molecule has 1 aromatic rings. The second-order valence-corrected chi connectivity index (χ2v) is 3.49. The van der Waals surface area contributed by atoms with E-state index in [0.717, 1.165) is 6.54 Å². The predicted molar refractivity (Wildman–Crippen MR) is 63.7 cm³/mol. The van der Waals surface area contributed by atoms with Crippen molar-refractivity contribution >= 4 is 11.9 Å². The topological polar surface area (TPSA) is 60.3 Å². The summed E-state index contributed by atoms with van der Waals surface area (Å²) in [6, 6.07) is 3.58. The number of rotatable bonds is 6. The van der Waals surface area contributed by atoms with Crippen LogP contribution in [-0.2, 0) is 16.1 Å². The van der Waals surface area contributed by atoms with Gasteiger partial charge >= 0.3 is 5.97 Å². The van der Waals surface area contributed by atoms with Crippen LogP contribution in [0.5, 0.6) is 0 Å². The monoisotopic (exact) mass is 238 g/mol. The third-order valence-electron chi connectivity index (χ3n) is 2.32. The highest BCUT2D eigenvalue weighted by atomic mass is 16.5. The molecule has 0 aliphatic rings. The molecule has 1 heterocycles. The molecule has 1 N–H and O–H groups in total. The van der Waals surface area contributed by atoms with Gasteiger partial charge in [0.25, 0.3) is 5.91 Å². The molecule has 0 spiro atoms. The zero-order valence-corrected chi connectivity index (χ0v) is 10.2. The van der Waals surface area contributed by atoms with Gasteiger partial charge in [0.2, 0.25) is 0 Å². The van der Waals surface area contributed by atoms with Crippen LogP contribution in [0.2, 0.25) is 0 Å². The van der Waals surface area contributed by atoms with E-state index in [-0.39, 0.29) is 18.3 Å². The van der Waals surface area contributed by atoms with Gasteiger partial charge in [0, 0.05) is 19.3 Å². The van der Waals surface area contributed by atoms with Gasteiger partial charge in [0.05, 0.1) is 13.0 Å². The van der Waals surface area contributed by atoms with Crippen LogP contribution in [0.3, 0.4) is 0 Å². The number of amides is 1. The first-order chi connectivity index (χ1) is 8.19. The molecule has 17 heavy (non-hydrogen) atoms. The van der Waals surface area contributed by atoms with Crippen molar-refractivity contribution in [3.05, 3.63) is 24.0 Å². The molecule has 0 saturated heterocycles. The number of hydrogen-bond acceptors (Lipinski definition) is 3. The molecule has 1 aromatic heterocycles. The third kappa shape index (κ3) is 3.94. The first-order valence-corrected chi connectivity index (χ1v) is 5.78. The van der Waals surface area contributed by atoms with Crippen molar-refractivity contribution in [2.24, 2.45) is 0 Å². The van der Waals surface area contributed by atoms with E-state index in [1.807, 2.05) is 23.8 Å². The molecule has 94 valence electrons. The summed E-state index contributed by atoms with van der Waals surface area (Å²) in [5.41, 5.74) is 0.608. The van der Waals surface area contributed by atoms with Crippen LogP contribution in [0.25, 0.3) is 0 Å². The highest BCUT2D eigenvalue weighted by Gasteiger charge is 2.10. The lowest BCUT2D eigenvalue weighted by Crippen LogP contribution is -2.28. The van der Waals surface area contributed by atoms with E-state index in [9.17, 15) is 9.59 Å². The van der Waals surface area contributed by atoms with Crippen molar-refractivity contribution in [2.45, 2.75) is 26.8 Å². The number of aromatic nitrogens is 1. The Bertz CT molecular complexity index is 385. The van der Waals surface area contributed by atoms with Gasteiger partial charge in [0.15, 0.2) is 0 Å². The molecule has 0 saturated carbocycles. The third-order valence-corrected chi connectivity index (χ3v) is 2.32. The molecule has 0 radical (unpaired) electrons. The minimum Gasteiger partial charge on any atom is -0.466 e. The Morgan fingerprint density at radius 1 is 1.41 bits per heavy atom. The molecule has 0 aromatic carbocycles. The maximum atomic E-state index is 11.7. The largest absolute Gasteiger partial charge is 0.466 e. The molecular weight excluding hydrogens is 220 g/mol. The molecule has 0 bridgehead atoms. The van der Waals surface area contributed by atoms with E-state index >= 15 is 0 Å². The molecule has 0 aliphatic carbocycles. The second-order valence-electron chi connectivity index (χ2n) is 3.49. The number of hydrogen-bond donors (Lipinski definition) is 1. The van der Waals surface area contributed by atoms with Gasteiger partial charge in [-0.2, -0.15) is 0 Å². The highest BCUT2D eigenvalue weighted by molar-refractivity contribution is 5.92. The number of nitrogens with zero attached hydrogens (tertiary/aromatic N) is 1. The van der Waals surface area contributed by atoms with Gasteiger partial charge in [-0.15, -0.1) is 0 Å². The van der Waals surface area contributed by atoms with Crippen LogP contribution in [-0.4, -0.2) is 29.6 Å². The van der Waals surface area contributed by atoms with Crippen LogP contribution in [0.1, 0.15) is 30.8 Å². The number of aryl methyl sites for hydroxylation is 1. The van der Waals surface area contributed by atoms with Gasteiger partial charge in [0.1, 0.15) is 5.69 Å². The zero-order chi connectivity index (χ0) is 12.7. The summed E-state index contributed by atoms with van der Waals surface area (Å²) in [7, 11) is 0. The van der Waals surface area contributed by atoms with Crippen molar-refractivity contribution in [3.8, 4) is 0 Å². The number of ether oxygens (including phenoxy) is 1. The Morgan fingerprint density at radius 3 is 2.82 bits per heavy atom. The van der Waals surface area contributed by atoms with E-state index in [0.29, 0.717) is 18.8 Å².